The van der Waals surface area contributed by atoms with Crippen molar-refractivity contribution in [2.45, 2.75) is 6.42 Å². The standard InChI is InChI=1S/C10H10N2O2/c1-2-3-8-11-9-4-6-10(7-5-9)12(13)14/h1,4-7,11H,3,8H2. The van der Waals surface area contributed by atoms with Gasteiger partial charge in [0.15, 0.2) is 0 Å². The highest BCUT2D eigenvalue weighted by molar-refractivity contribution is 5.48. The molecule has 0 heterocycles. The van der Waals surface area contributed by atoms with Crippen LogP contribution in [0.2, 0.25) is 0 Å². The van der Waals surface area contributed by atoms with E-state index in [1.54, 1.807) is 12.1 Å². The Morgan fingerprint density at radius 3 is 2.57 bits per heavy atom. The number of anilines is 1. The molecule has 0 spiro atoms. The number of hydrogen-bond acceptors (Lipinski definition) is 3. The molecular formula is C10H10N2O2. The largest absolute Gasteiger partial charge is 0.384 e. The molecule has 1 rings (SSSR count). The zero-order valence-electron chi connectivity index (χ0n) is 7.56. The summed E-state index contributed by atoms with van der Waals surface area (Å²) >= 11 is 0. The summed E-state index contributed by atoms with van der Waals surface area (Å²) in [7, 11) is 0. The highest BCUT2D eigenvalue weighted by atomic mass is 16.6. The first-order chi connectivity index (χ1) is 6.74. The van der Waals surface area contributed by atoms with Crippen molar-refractivity contribution >= 4 is 11.4 Å². The summed E-state index contributed by atoms with van der Waals surface area (Å²) in [5.41, 5.74) is 0.929. The molecule has 0 radical (unpaired) electrons. The molecule has 1 N–H and O–H groups in total. The van der Waals surface area contributed by atoms with Crippen molar-refractivity contribution in [3.05, 3.63) is 34.4 Å². The maximum atomic E-state index is 10.3. The zero-order valence-corrected chi connectivity index (χ0v) is 7.56. The van der Waals surface area contributed by atoms with Crippen LogP contribution in [-0.4, -0.2) is 11.5 Å². The summed E-state index contributed by atoms with van der Waals surface area (Å²) in [5.74, 6) is 2.50. The molecule has 0 bridgehead atoms. The molecule has 4 nitrogen and oxygen atoms in total. The van der Waals surface area contributed by atoms with Gasteiger partial charge >= 0.3 is 0 Å². The van der Waals surface area contributed by atoms with Gasteiger partial charge in [-0.25, -0.2) is 0 Å². The second kappa shape index (κ2) is 4.87. The van der Waals surface area contributed by atoms with Gasteiger partial charge < -0.3 is 5.32 Å². The van der Waals surface area contributed by atoms with Gasteiger partial charge in [0.05, 0.1) is 4.92 Å². The topological polar surface area (TPSA) is 55.2 Å². The normalized spacial score (nSPS) is 9.07. The molecule has 0 aliphatic rings. The van der Waals surface area contributed by atoms with Gasteiger partial charge in [-0.05, 0) is 12.1 Å². The quantitative estimate of drug-likeness (QED) is 0.342. The minimum atomic E-state index is -0.425. The summed E-state index contributed by atoms with van der Waals surface area (Å²) in [6.07, 6.45) is 5.71. The Balaban J connectivity index is 2.56. The molecule has 0 aromatic heterocycles. The number of nitro groups is 1. The maximum Gasteiger partial charge on any atom is 0.269 e. The Hall–Kier alpha value is -2.02. The average Bonchev–Trinajstić information content (AvgIpc) is 2.19. The number of benzene rings is 1. The Morgan fingerprint density at radius 1 is 1.43 bits per heavy atom. The van der Waals surface area contributed by atoms with E-state index in [0.717, 1.165) is 5.69 Å². The van der Waals surface area contributed by atoms with Crippen LogP contribution in [0.4, 0.5) is 11.4 Å². The van der Waals surface area contributed by atoms with Gasteiger partial charge in [0.1, 0.15) is 0 Å². The third-order valence-corrected chi connectivity index (χ3v) is 1.68. The molecule has 0 atom stereocenters. The first-order valence-corrected chi connectivity index (χ1v) is 4.16. The summed E-state index contributed by atoms with van der Waals surface area (Å²) in [4.78, 5) is 9.91. The van der Waals surface area contributed by atoms with Crippen LogP contribution in [0, 0.1) is 22.5 Å². The third-order valence-electron chi connectivity index (χ3n) is 1.68. The van der Waals surface area contributed by atoms with Crippen molar-refractivity contribution in [3.8, 4) is 12.3 Å². The van der Waals surface area contributed by atoms with Crippen molar-refractivity contribution in [2.75, 3.05) is 11.9 Å². The summed E-state index contributed by atoms with van der Waals surface area (Å²) in [5, 5.41) is 13.4. The molecule has 0 aliphatic heterocycles. The fraction of sp³-hybridized carbons (Fsp3) is 0.200. The van der Waals surface area contributed by atoms with Crippen LogP contribution in [0.25, 0.3) is 0 Å². The average molecular weight is 190 g/mol. The Bertz CT molecular complexity index is 351. The van der Waals surface area contributed by atoms with E-state index < -0.39 is 4.92 Å². The van der Waals surface area contributed by atoms with Crippen molar-refractivity contribution in [1.29, 1.82) is 0 Å². The van der Waals surface area contributed by atoms with Crippen molar-refractivity contribution in [2.24, 2.45) is 0 Å². The molecule has 1 aromatic carbocycles. The van der Waals surface area contributed by atoms with Crippen LogP contribution in [0.1, 0.15) is 6.42 Å². The second-order valence-corrected chi connectivity index (χ2v) is 2.68. The molecular weight excluding hydrogens is 180 g/mol. The molecule has 4 heteroatoms. The van der Waals surface area contributed by atoms with E-state index in [2.05, 4.69) is 11.2 Å². The molecule has 0 amide bonds. The van der Waals surface area contributed by atoms with Crippen LogP contribution in [0.5, 0.6) is 0 Å². The van der Waals surface area contributed by atoms with Gasteiger partial charge in [0, 0.05) is 30.8 Å². The van der Waals surface area contributed by atoms with E-state index in [4.69, 9.17) is 6.42 Å². The number of rotatable bonds is 4. The maximum absolute atomic E-state index is 10.3. The molecule has 0 saturated heterocycles. The number of non-ortho nitro benzene ring substituents is 1. The van der Waals surface area contributed by atoms with Crippen LogP contribution < -0.4 is 5.32 Å². The molecule has 0 aliphatic carbocycles. The van der Waals surface area contributed by atoms with Crippen molar-refractivity contribution < 1.29 is 4.92 Å². The lowest BCUT2D eigenvalue weighted by Gasteiger charge is -2.02. The highest BCUT2D eigenvalue weighted by Crippen LogP contribution is 2.14. The Morgan fingerprint density at radius 2 is 2.07 bits per heavy atom. The van der Waals surface area contributed by atoms with E-state index in [1.807, 2.05) is 0 Å². The predicted molar refractivity (Wildman–Crippen MR) is 55.0 cm³/mol. The molecule has 72 valence electrons. The van der Waals surface area contributed by atoms with E-state index >= 15 is 0 Å². The zero-order chi connectivity index (χ0) is 10.4. The van der Waals surface area contributed by atoms with Gasteiger partial charge in [-0.15, -0.1) is 12.3 Å². The Labute approximate surface area is 82.1 Å². The lowest BCUT2D eigenvalue weighted by atomic mass is 10.3. The number of hydrogen-bond donors (Lipinski definition) is 1. The molecule has 0 saturated carbocycles. The third kappa shape index (κ3) is 2.79. The minimum Gasteiger partial charge on any atom is -0.384 e. The highest BCUT2D eigenvalue weighted by Gasteiger charge is 2.02. The first kappa shape index (κ1) is 10.1. The number of nitrogens with zero attached hydrogens (tertiary/aromatic N) is 1. The van der Waals surface area contributed by atoms with Gasteiger partial charge in [-0.2, -0.15) is 0 Å². The van der Waals surface area contributed by atoms with E-state index in [9.17, 15) is 10.1 Å². The lowest BCUT2D eigenvalue weighted by molar-refractivity contribution is -0.384. The first-order valence-electron chi connectivity index (χ1n) is 4.16. The van der Waals surface area contributed by atoms with Crippen LogP contribution in [-0.2, 0) is 0 Å². The van der Waals surface area contributed by atoms with Gasteiger partial charge in [-0.1, -0.05) is 0 Å². The molecule has 1 aromatic rings. The fourth-order valence-corrected chi connectivity index (χ4v) is 0.980. The molecule has 0 fully saturated rings. The smallest absolute Gasteiger partial charge is 0.269 e. The summed E-state index contributed by atoms with van der Waals surface area (Å²) in [6, 6.07) is 6.24. The predicted octanol–water partition coefficient (Wildman–Crippen LogP) is 2.03. The Kier molecular flexibility index (Phi) is 3.50. The minimum absolute atomic E-state index is 0.0903. The van der Waals surface area contributed by atoms with Gasteiger partial charge in [-0.3, -0.25) is 10.1 Å². The number of terminal acetylenes is 1. The number of nitrogens with one attached hydrogen (secondary N) is 1. The van der Waals surface area contributed by atoms with E-state index in [-0.39, 0.29) is 5.69 Å². The molecule has 0 unspecified atom stereocenters. The van der Waals surface area contributed by atoms with E-state index in [1.165, 1.54) is 12.1 Å². The van der Waals surface area contributed by atoms with Crippen LogP contribution in [0.15, 0.2) is 24.3 Å². The van der Waals surface area contributed by atoms with Crippen LogP contribution >= 0.6 is 0 Å². The lowest BCUT2D eigenvalue weighted by Crippen LogP contribution is -1.99. The van der Waals surface area contributed by atoms with Gasteiger partial charge in [0.2, 0.25) is 0 Å². The summed E-state index contributed by atoms with van der Waals surface area (Å²) in [6.45, 7) is 0.675. The monoisotopic (exact) mass is 190 g/mol. The van der Waals surface area contributed by atoms with Crippen LogP contribution in [0.3, 0.4) is 0 Å². The number of nitro benzene ring substituents is 1. The molecule has 14 heavy (non-hydrogen) atoms. The second-order valence-electron chi connectivity index (χ2n) is 2.68. The summed E-state index contributed by atoms with van der Waals surface area (Å²) < 4.78 is 0. The van der Waals surface area contributed by atoms with E-state index in [0.29, 0.717) is 13.0 Å². The fourth-order valence-electron chi connectivity index (χ4n) is 0.980. The SMILES string of the molecule is C#CCCNc1ccc([N+](=O)[O-])cc1. The van der Waals surface area contributed by atoms with Crippen molar-refractivity contribution in [3.63, 3.8) is 0 Å². The van der Waals surface area contributed by atoms with Crippen molar-refractivity contribution in [1.82, 2.24) is 0 Å². The van der Waals surface area contributed by atoms with Gasteiger partial charge in [0.25, 0.3) is 5.69 Å².